The van der Waals surface area contributed by atoms with Crippen LogP contribution >= 0.6 is 11.3 Å². The van der Waals surface area contributed by atoms with Crippen molar-refractivity contribution in [2.45, 2.75) is 26.8 Å². The summed E-state index contributed by atoms with van der Waals surface area (Å²) >= 11 is 1.73. The zero-order valence-electron chi connectivity index (χ0n) is 10.4. The Morgan fingerprint density at radius 1 is 1.18 bits per heavy atom. The third kappa shape index (κ3) is 2.41. The molecule has 0 fully saturated rings. The Balaban J connectivity index is 2.52. The van der Waals surface area contributed by atoms with Crippen LogP contribution in [0.2, 0.25) is 0 Å². The smallest absolute Gasteiger partial charge is 0.0807 e. The van der Waals surface area contributed by atoms with E-state index in [2.05, 4.69) is 55.8 Å². The van der Waals surface area contributed by atoms with E-state index in [0.29, 0.717) is 0 Å². The second-order valence-electron chi connectivity index (χ2n) is 4.43. The van der Waals surface area contributed by atoms with Crippen molar-refractivity contribution in [3.8, 4) is 0 Å². The van der Waals surface area contributed by atoms with E-state index in [0.717, 1.165) is 0 Å². The lowest BCUT2D eigenvalue weighted by atomic mass is 9.93. The zero-order valence-corrected chi connectivity index (χ0v) is 11.3. The second kappa shape index (κ2) is 5.00. The SMILES string of the molecule is Cc1cc(C)c(C(NN)c2cccs2)c(C)c1. The predicted octanol–water partition coefficient (Wildman–Crippen LogP) is 3.23. The van der Waals surface area contributed by atoms with Gasteiger partial charge >= 0.3 is 0 Å². The summed E-state index contributed by atoms with van der Waals surface area (Å²) in [4.78, 5) is 1.25. The molecule has 0 saturated carbocycles. The first-order chi connectivity index (χ1) is 8.13. The molecule has 1 aromatic carbocycles. The van der Waals surface area contributed by atoms with Gasteiger partial charge in [0.05, 0.1) is 6.04 Å². The fourth-order valence-corrected chi connectivity index (χ4v) is 3.20. The third-order valence-corrected chi connectivity index (χ3v) is 3.96. The van der Waals surface area contributed by atoms with Crippen LogP contribution in [0.5, 0.6) is 0 Å². The van der Waals surface area contributed by atoms with Crippen LogP contribution < -0.4 is 11.3 Å². The lowest BCUT2D eigenvalue weighted by Gasteiger charge is -2.20. The number of hydrogen-bond donors (Lipinski definition) is 2. The van der Waals surface area contributed by atoms with Gasteiger partial charge in [-0.2, -0.15) is 0 Å². The van der Waals surface area contributed by atoms with Crippen LogP contribution in [-0.4, -0.2) is 0 Å². The van der Waals surface area contributed by atoms with E-state index >= 15 is 0 Å². The summed E-state index contributed by atoms with van der Waals surface area (Å²) in [6.07, 6.45) is 0. The van der Waals surface area contributed by atoms with Crippen molar-refractivity contribution >= 4 is 11.3 Å². The third-order valence-electron chi connectivity index (χ3n) is 3.02. The van der Waals surface area contributed by atoms with Crippen LogP contribution in [0.4, 0.5) is 0 Å². The van der Waals surface area contributed by atoms with Gasteiger partial charge in [-0.05, 0) is 48.9 Å². The molecule has 1 aromatic heterocycles. The molecule has 0 bridgehead atoms. The fourth-order valence-electron chi connectivity index (χ4n) is 2.41. The first-order valence-electron chi connectivity index (χ1n) is 5.70. The van der Waals surface area contributed by atoms with Gasteiger partial charge in [-0.15, -0.1) is 11.3 Å². The van der Waals surface area contributed by atoms with E-state index in [-0.39, 0.29) is 6.04 Å². The highest BCUT2D eigenvalue weighted by Crippen LogP contribution is 2.30. The first kappa shape index (κ1) is 12.3. The predicted molar refractivity (Wildman–Crippen MR) is 74.1 cm³/mol. The Hall–Kier alpha value is -1.16. The molecule has 1 atom stereocenters. The van der Waals surface area contributed by atoms with Gasteiger partial charge in [-0.25, -0.2) is 5.43 Å². The molecule has 1 unspecified atom stereocenters. The van der Waals surface area contributed by atoms with Gasteiger partial charge < -0.3 is 0 Å². The molecule has 0 aliphatic heterocycles. The fraction of sp³-hybridized carbons (Fsp3) is 0.286. The van der Waals surface area contributed by atoms with Crippen molar-refractivity contribution in [2.75, 3.05) is 0 Å². The number of rotatable bonds is 3. The molecule has 2 nitrogen and oxygen atoms in total. The summed E-state index contributed by atoms with van der Waals surface area (Å²) in [5, 5.41) is 2.08. The average molecular weight is 246 g/mol. The summed E-state index contributed by atoms with van der Waals surface area (Å²) in [5.41, 5.74) is 8.10. The summed E-state index contributed by atoms with van der Waals surface area (Å²) in [6.45, 7) is 6.42. The maximum absolute atomic E-state index is 5.73. The van der Waals surface area contributed by atoms with Gasteiger partial charge in [-0.3, -0.25) is 5.84 Å². The number of thiophene rings is 1. The van der Waals surface area contributed by atoms with E-state index in [1.807, 2.05) is 0 Å². The van der Waals surface area contributed by atoms with E-state index in [9.17, 15) is 0 Å². The van der Waals surface area contributed by atoms with Crippen LogP contribution in [-0.2, 0) is 0 Å². The van der Waals surface area contributed by atoms with Gasteiger partial charge in [0, 0.05) is 4.88 Å². The molecule has 2 aromatic rings. The van der Waals surface area contributed by atoms with Crippen molar-refractivity contribution < 1.29 is 0 Å². The highest BCUT2D eigenvalue weighted by atomic mass is 32.1. The topological polar surface area (TPSA) is 38.0 Å². The molecule has 0 saturated heterocycles. The maximum atomic E-state index is 5.73. The van der Waals surface area contributed by atoms with Crippen LogP contribution in [0.25, 0.3) is 0 Å². The van der Waals surface area contributed by atoms with Crippen LogP contribution in [0.3, 0.4) is 0 Å². The number of nitrogens with one attached hydrogen (secondary N) is 1. The monoisotopic (exact) mass is 246 g/mol. The van der Waals surface area contributed by atoms with Crippen molar-refractivity contribution in [1.29, 1.82) is 0 Å². The van der Waals surface area contributed by atoms with Crippen LogP contribution in [0, 0.1) is 20.8 Å². The maximum Gasteiger partial charge on any atom is 0.0807 e. The molecule has 2 rings (SSSR count). The van der Waals surface area contributed by atoms with Crippen molar-refractivity contribution in [1.82, 2.24) is 5.43 Å². The molecule has 90 valence electrons. The largest absolute Gasteiger partial charge is 0.271 e. The Labute approximate surface area is 106 Å². The number of benzene rings is 1. The number of aryl methyl sites for hydroxylation is 3. The van der Waals surface area contributed by atoms with Gasteiger partial charge in [0.1, 0.15) is 0 Å². The van der Waals surface area contributed by atoms with Gasteiger partial charge in [0.15, 0.2) is 0 Å². The van der Waals surface area contributed by atoms with Gasteiger partial charge in [0.25, 0.3) is 0 Å². The molecule has 17 heavy (non-hydrogen) atoms. The normalized spacial score (nSPS) is 12.7. The lowest BCUT2D eigenvalue weighted by molar-refractivity contribution is 0.639. The van der Waals surface area contributed by atoms with Gasteiger partial charge in [-0.1, -0.05) is 23.8 Å². The number of nitrogens with two attached hydrogens (primary N) is 1. The Kier molecular flexibility index (Phi) is 3.62. The molecule has 3 N–H and O–H groups in total. The Morgan fingerprint density at radius 3 is 2.29 bits per heavy atom. The van der Waals surface area contributed by atoms with E-state index < -0.39 is 0 Å². The molecule has 0 amide bonds. The number of hydrogen-bond acceptors (Lipinski definition) is 3. The van der Waals surface area contributed by atoms with Crippen molar-refractivity contribution in [3.63, 3.8) is 0 Å². The molecule has 0 aliphatic rings. The Bertz CT molecular complexity index is 480. The molecular weight excluding hydrogens is 228 g/mol. The highest BCUT2D eigenvalue weighted by Gasteiger charge is 2.17. The van der Waals surface area contributed by atoms with Gasteiger partial charge in [0.2, 0.25) is 0 Å². The Morgan fingerprint density at radius 2 is 1.82 bits per heavy atom. The van der Waals surface area contributed by atoms with E-state index in [1.165, 1.54) is 27.1 Å². The summed E-state index contributed by atoms with van der Waals surface area (Å²) in [7, 11) is 0. The minimum atomic E-state index is 0.0931. The summed E-state index contributed by atoms with van der Waals surface area (Å²) in [6, 6.07) is 8.69. The average Bonchev–Trinajstić information content (AvgIpc) is 2.76. The minimum Gasteiger partial charge on any atom is -0.271 e. The lowest BCUT2D eigenvalue weighted by Crippen LogP contribution is -2.29. The highest BCUT2D eigenvalue weighted by molar-refractivity contribution is 7.10. The zero-order chi connectivity index (χ0) is 12.4. The van der Waals surface area contributed by atoms with Crippen molar-refractivity contribution in [2.24, 2.45) is 5.84 Å². The van der Waals surface area contributed by atoms with Crippen LogP contribution in [0.15, 0.2) is 29.6 Å². The molecule has 0 spiro atoms. The molecule has 1 heterocycles. The van der Waals surface area contributed by atoms with E-state index in [4.69, 9.17) is 5.84 Å². The first-order valence-corrected chi connectivity index (χ1v) is 6.58. The summed E-state index contributed by atoms with van der Waals surface area (Å²) in [5.74, 6) is 5.73. The summed E-state index contributed by atoms with van der Waals surface area (Å²) < 4.78 is 0. The minimum absolute atomic E-state index is 0.0931. The van der Waals surface area contributed by atoms with E-state index in [1.54, 1.807) is 11.3 Å². The second-order valence-corrected chi connectivity index (χ2v) is 5.41. The molecule has 3 heteroatoms. The van der Waals surface area contributed by atoms with Crippen molar-refractivity contribution in [3.05, 3.63) is 56.8 Å². The molecular formula is C14H18N2S. The standard InChI is InChI=1S/C14H18N2S/c1-9-7-10(2)13(11(3)8-9)14(16-15)12-5-4-6-17-12/h4-8,14,16H,15H2,1-3H3. The molecule has 0 radical (unpaired) electrons. The van der Waals surface area contributed by atoms with Crippen LogP contribution in [0.1, 0.15) is 33.2 Å². The quantitative estimate of drug-likeness (QED) is 0.644. The molecule has 0 aliphatic carbocycles. The number of hydrazine groups is 1.